The predicted octanol–water partition coefficient (Wildman–Crippen LogP) is 5.94. The summed E-state index contributed by atoms with van der Waals surface area (Å²) in [5.74, 6) is 0.355. The molecular weight excluding hydrogens is 432 g/mol. The number of non-ortho nitro benzene ring substituents is 1. The van der Waals surface area contributed by atoms with Crippen LogP contribution in [-0.4, -0.2) is 21.3 Å². The van der Waals surface area contributed by atoms with Crippen LogP contribution in [0.5, 0.6) is 5.75 Å². The zero-order valence-electron chi connectivity index (χ0n) is 16.8. The third kappa shape index (κ3) is 4.17. The van der Waals surface area contributed by atoms with E-state index in [1.165, 1.54) is 34.9 Å². The number of amides is 1. The summed E-state index contributed by atoms with van der Waals surface area (Å²) in [6.45, 7) is 3.89. The molecule has 8 heteroatoms. The van der Waals surface area contributed by atoms with Gasteiger partial charge in [0.1, 0.15) is 5.75 Å². The van der Waals surface area contributed by atoms with E-state index in [1.54, 1.807) is 12.1 Å². The lowest BCUT2D eigenvalue weighted by Gasteiger charge is -2.15. The molecule has 3 aromatic rings. The third-order valence-corrected chi connectivity index (χ3v) is 5.96. The van der Waals surface area contributed by atoms with Gasteiger partial charge in [0.25, 0.3) is 11.6 Å². The van der Waals surface area contributed by atoms with Crippen LogP contribution in [0.25, 0.3) is 16.8 Å². The summed E-state index contributed by atoms with van der Waals surface area (Å²) < 4.78 is 6.32. The fraction of sp³-hybridized carbons (Fsp3) is 0.130. The molecule has 1 amide bonds. The van der Waals surface area contributed by atoms with E-state index in [-0.39, 0.29) is 17.7 Å². The number of carbonyl (C=O) groups excluding carboxylic acids is 1. The highest BCUT2D eigenvalue weighted by atomic mass is 32.2. The van der Waals surface area contributed by atoms with Crippen LogP contribution in [0.1, 0.15) is 19.4 Å². The van der Waals surface area contributed by atoms with Gasteiger partial charge in [-0.15, -0.1) is 0 Å². The molecule has 1 heterocycles. The number of rotatable bonds is 5. The maximum atomic E-state index is 13.2. The molecule has 0 N–H and O–H groups in total. The van der Waals surface area contributed by atoms with E-state index in [2.05, 4.69) is 0 Å². The summed E-state index contributed by atoms with van der Waals surface area (Å²) in [6.07, 6.45) is 1.75. The van der Waals surface area contributed by atoms with E-state index in [1.807, 2.05) is 50.2 Å². The molecule has 1 aliphatic rings. The first-order valence-corrected chi connectivity index (χ1v) is 10.8. The molecule has 0 aromatic heterocycles. The fourth-order valence-corrected chi connectivity index (χ4v) is 4.63. The number of anilines is 1. The van der Waals surface area contributed by atoms with Crippen molar-refractivity contribution in [2.75, 3.05) is 4.90 Å². The first kappa shape index (κ1) is 21.0. The topological polar surface area (TPSA) is 72.7 Å². The second-order valence-corrected chi connectivity index (χ2v) is 8.83. The van der Waals surface area contributed by atoms with Gasteiger partial charge in [0.2, 0.25) is 0 Å². The molecule has 0 saturated carbocycles. The lowest BCUT2D eigenvalue weighted by molar-refractivity contribution is -0.384. The van der Waals surface area contributed by atoms with Crippen LogP contribution >= 0.6 is 24.0 Å². The molecule has 156 valence electrons. The van der Waals surface area contributed by atoms with Crippen LogP contribution in [0, 0.1) is 10.1 Å². The van der Waals surface area contributed by atoms with E-state index in [9.17, 15) is 14.9 Å². The molecular formula is C23H18N2O4S2. The largest absolute Gasteiger partial charge is 0.490 e. The Kier molecular flexibility index (Phi) is 5.75. The van der Waals surface area contributed by atoms with E-state index in [0.717, 1.165) is 16.3 Å². The molecule has 0 aliphatic carbocycles. The second-order valence-electron chi connectivity index (χ2n) is 7.16. The third-order valence-electron chi connectivity index (χ3n) is 4.66. The van der Waals surface area contributed by atoms with Gasteiger partial charge in [-0.05, 0) is 42.8 Å². The Hall–Kier alpha value is -3.23. The van der Waals surface area contributed by atoms with Gasteiger partial charge >= 0.3 is 0 Å². The Morgan fingerprint density at radius 1 is 1.13 bits per heavy atom. The molecule has 1 aliphatic heterocycles. The van der Waals surface area contributed by atoms with Crippen molar-refractivity contribution in [2.45, 2.75) is 20.0 Å². The molecule has 0 radical (unpaired) electrons. The minimum absolute atomic E-state index is 0.0345. The Labute approximate surface area is 188 Å². The minimum atomic E-state index is -0.497. The normalized spacial score (nSPS) is 15.3. The summed E-state index contributed by atoms with van der Waals surface area (Å²) in [6, 6.07) is 17.6. The minimum Gasteiger partial charge on any atom is -0.490 e. The van der Waals surface area contributed by atoms with Crippen LogP contribution < -0.4 is 9.64 Å². The van der Waals surface area contributed by atoms with Crippen LogP contribution in [0.3, 0.4) is 0 Å². The summed E-state index contributed by atoms with van der Waals surface area (Å²) in [5.41, 5.74) is 1.07. The zero-order chi connectivity index (χ0) is 22.1. The number of hydrogen-bond acceptors (Lipinski definition) is 6. The number of nitro benzene ring substituents is 1. The molecule has 0 spiro atoms. The van der Waals surface area contributed by atoms with E-state index in [4.69, 9.17) is 17.0 Å². The maximum absolute atomic E-state index is 13.2. The summed E-state index contributed by atoms with van der Waals surface area (Å²) in [7, 11) is 0. The average molecular weight is 451 g/mol. The fourth-order valence-electron chi connectivity index (χ4n) is 3.35. The number of benzene rings is 3. The molecule has 0 atom stereocenters. The van der Waals surface area contributed by atoms with E-state index >= 15 is 0 Å². The summed E-state index contributed by atoms with van der Waals surface area (Å²) >= 11 is 6.59. The number of carbonyl (C=O) groups is 1. The predicted molar refractivity (Wildman–Crippen MR) is 128 cm³/mol. The molecule has 1 fully saturated rings. The molecule has 3 aromatic carbocycles. The molecule has 0 unspecified atom stereocenters. The van der Waals surface area contributed by atoms with Gasteiger partial charge in [-0.25, -0.2) is 0 Å². The Bertz CT molecular complexity index is 1250. The first-order valence-electron chi connectivity index (χ1n) is 9.56. The number of nitrogens with zero attached hydrogens (tertiary/aromatic N) is 2. The van der Waals surface area contributed by atoms with Crippen molar-refractivity contribution in [1.82, 2.24) is 0 Å². The van der Waals surface area contributed by atoms with Crippen molar-refractivity contribution in [1.29, 1.82) is 0 Å². The number of thioether (sulfide) groups is 1. The Balaban J connectivity index is 1.79. The second kappa shape index (κ2) is 8.49. The van der Waals surface area contributed by atoms with Crippen LogP contribution in [-0.2, 0) is 4.79 Å². The maximum Gasteiger partial charge on any atom is 0.271 e. The van der Waals surface area contributed by atoms with Gasteiger partial charge in [0.15, 0.2) is 4.32 Å². The standard InChI is InChI=1S/C23H18N2O4S2/c1-14(2)29-20-11-10-15-6-3-4-9-18(15)19(20)13-21-22(26)24(23(30)31-21)16-7-5-8-17(12-16)25(27)28/h3-14H,1-2H3/b21-13-. The van der Waals surface area contributed by atoms with Gasteiger partial charge < -0.3 is 4.74 Å². The summed E-state index contributed by atoms with van der Waals surface area (Å²) in [5, 5.41) is 13.1. The molecule has 31 heavy (non-hydrogen) atoms. The SMILES string of the molecule is CC(C)Oc1ccc2ccccc2c1/C=C1\SC(=S)N(c2cccc([N+](=O)[O-])c2)C1=O. The van der Waals surface area contributed by atoms with Crippen LogP contribution in [0.15, 0.2) is 65.6 Å². The Morgan fingerprint density at radius 2 is 1.90 bits per heavy atom. The molecule has 1 saturated heterocycles. The van der Waals surface area contributed by atoms with Crippen LogP contribution in [0.4, 0.5) is 11.4 Å². The molecule has 6 nitrogen and oxygen atoms in total. The highest BCUT2D eigenvalue weighted by Crippen LogP contribution is 2.39. The van der Waals surface area contributed by atoms with Gasteiger partial charge in [0.05, 0.1) is 21.6 Å². The smallest absolute Gasteiger partial charge is 0.271 e. The number of nitro groups is 1. The van der Waals surface area contributed by atoms with Crippen LogP contribution in [0.2, 0.25) is 0 Å². The number of thiocarbonyl (C=S) groups is 1. The average Bonchev–Trinajstić information content (AvgIpc) is 3.02. The molecule has 4 rings (SSSR count). The van der Waals surface area contributed by atoms with Crippen molar-refractivity contribution in [3.05, 3.63) is 81.2 Å². The van der Waals surface area contributed by atoms with Crippen molar-refractivity contribution < 1.29 is 14.5 Å². The number of fused-ring (bicyclic) bond motifs is 1. The van der Waals surface area contributed by atoms with E-state index < -0.39 is 4.92 Å². The number of hydrogen-bond donors (Lipinski definition) is 0. The lowest BCUT2D eigenvalue weighted by atomic mass is 10.0. The zero-order valence-corrected chi connectivity index (χ0v) is 18.4. The Morgan fingerprint density at radius 3 is 2.65 bits per heavy atom. The van der Waals surface area contributed by atoms with Gasteiger partial charge in [-0.1, -0.05) is 60.4 Å². The quantitative estimate of drug-likeness (QED) is 0.207. The highest BCUT2D eigenvalue weighted by molar-refractivity contribution is 8.27. The van der Waals surface area contributed by atoms with Gasteiger partial charge in [-0.2, -0.15) is 0 Å². The van der Waals surface area contributed by atoms with Crippen molar-refractivity contribution in [3.8, 4) is 5.75 Å². The lowest BCUT2D eigenvalue weighted by Crippen LogP contribution is -2.27. The monoisotopic (exact) mass is 450 g/mol. The van der Waals surface area contributed by atoms with Gasteiger partial charge in [0, 0.05) is 17.7 Å². The van der Waals surface area contributed by atoms with Crippen molar-refractivity contribution in [3.63, 3.8) is 0 Å². The van der Waals surface area contributed by atoms with Crippen molar-refractivity contribution in [2.24, 2.45) is 0 Å². The van der Waals surface area contributed by atoms with Gasteiger partial charge in [-0.3, -0.25) is 19.8 Å². The molecule has 0 bridgehead atoms. The first-order chi connectivity index (χ1) is 14.8. The number of ether oxygens (including phenoxy) is 1. The highest BCUT2D eigenvalue weighted by Gasteiger charge is 2.34. The van der Waals surface area contributed by atoms with Crippen molar-refractivity contribution >= 4 is 62.4 Å². The van der Waals surface area contributed by atoms with E-state index in [0.29, 0.717) is 20.7 Å². The summed E-state index contributed by atoms with van der Waals surface area (Å²) in [4.78, 5) is 25.6.